The Morgan fingerprint density at radius 2 is 1.55 bits per heavy atom. The highest BCUT2D eigenvalue weighted by Crippen LogP contribution is 2.75. The number of hydrogen-bond donors (Lipinski definition) is 8. The summed E-state index contributed by atoms with van der Waals surface area (Å²) in [5.41, 5.74) is 11.7. The van der Waals surface area contributed by atoms with Crippen LogP contribution >= 0.6 is 11.3 Å². The molecule has 0 spiro atoms. The van der Waals surface area contributed by atoms with Crippen LogP contribution in [0.5, 0.6) is 0 Å². The molecule has 4 fully saturated rings. The zero-order valence-corrected chi connectivity index (χ0v) is 57.7. The summed E-state index contributed by atoms with van der Waals surface area (Å²) in [5, 5.41) is 50.5. The topological polar surface area (TPSA) is 348 Å². The zero-order valence-electron chi connectivity index (χ0n) is 56.9. The Labute approximate surface area is 573 Å². The van der Waals surface area contributed by atoms with Gasteiger partial charge in [0.05, 0.1) is 49.8 Å². The van der Waals surface area contributed by atoms with Gasteiger partial charge >= 0.3 is 18.0 Å². The average Bonchev–Trinajstić information content (AvgIpc) is 1.52. The predicted octanol–water partition coefficient (Wildman–Crippen LogP) is 8.71. The number of anilines is 5. The van der Waals surface area contributed by atoms with Crippen molar-refractivity contribution >= 4 is 97.3 Å². The van der Waals surface area contributed by atoms with Crippen molar-refractivity contribution in [3.05, 3.63) is 107 Å². The Hall–Kier alpha value is -9.21. The number of hydrogen-bond acceptors (Lipinski definition) is 17. The molecule has 7 atom stereocenters. The van der Waals surface area contributed by atoms with E-state index in [2.05, 4.69) is 50.2 Å². The van der Waals surface area contributed by atoms with Crippen LogP contribution in [0.3, 0.4) is 0 Å². The van der Waals surface area contributed by atoms with E-state index in [1.54, 1.807) is 43.5 Å². The van der Waals surface area contributed by atoms with E-state index in [1.807, 2.05) is 74.3 Å². The summed E-state index contributed by atoms with van der Waals surface area (Å²) < 4.78 is 8.89. The Balaban J connectivity index is 0.719. The standard InChI is InChI=1S/C71H89N15O11S/c1-43(2)59(79-55(87)25-31-97-32-29-84-56(88)23-24-57(84)89)64(93)76-52(15-10-27-73-66(72)96)63(92)75-47-19-17-46(18-20-47)34-86(7,35-58(90)91)30-12-26-70-37-68(5)36-69(6,38-70)40-71(39-68,41-70)42-85-45(4)50(33-74-85)49-21-22-54(78-60(49)65(94)95)83-28-11-13-48-44(3)61(81-82-62(48)83)80-67-77-51-14-8-9-16-53(51)98-67/h8-9,14,16-24,33,43,52,59H,10-13,15,25-32,34-42H2,1-7H3,(H8-,72,73,75,76,77,79,80,81,87,90,91,92,93,94,95,96)/p+1/t52-,59-,68-,69+,70?,71?,86?/m0/s1. The summed E-state index contributed by atoms with van der Waals surface area (Å²) in [6.07, 6.45) is 14.2. The van der Waals surface area contributed by atoms with E-state index in [0.29, 0.717) is 54.9 Å². The molecule has 0 radical (unpaired) electrons. The van der Waals surface area contributed by atoms with Gasteiger partial charge in [-0.25, -0.2) is 24.4 Å². The van der Waals surface area contributed by atoms with E-state index in [-0.39, 0.29) is 89.9 Å². The van der Waals surface area contributed by atoms with Crippen LogP contribution in [0, 0.1) is 41.4 Å². The van der Waals surface area contributed by atoms with Gasteiger partial charge in [-0.15, -0.1) is 10.2 Å². The number of ether oxygens (including phenoxy) is 1. The first kappa shape index (κ1) is 70.1. The molecular formula is C71H90N15O11S+. The Morgan fingerprint density at radius 1 is 0.827 bits per heavy atom. The van der Waals surface area contributed by atoms with Gasteiger partial charge in [-0.05, 0) is 155 Å². The Kier molecular flexibility index (Phi) is 20.5. The number of likely N-dealkylation sites (N-methyl/N-ethyl adjacent to an activating group) is 1. The molecule has 6 aromatic rings. The molecule has 4 bridgehead atoms. The number of aliphatic carboxylic acids is 1. The minimum atomic E-state index is -1.14. The number of benzene rings is 2. The van der Waals surface area contributed by atoms with Crippen molar-refractivity contribution < 1.29 is 57.8 Å². The van der Waals surface area contributed by atoms with E-state index < -0.39 is 59.6 Å². The number of imide groups is 1. The highest BCUT2D eigenvalue weighted by molar-refractivity contribution is 7.22. The summed E-state index contributed by atoms with van der Waals surface area (Å²) in [6.45, 7) is 14.8. The molecule has 4 saturated carbocycles. The van der Waals surface area contributed by atoms with Crippen LogP contribution in [0.2, 0.25) is 0 Å². The van der Waals surface area contributed by atoms with Gasteiger partial charge in [0.2, 0.25) is 17.7 Å². The summed E-state index contributed by atoms with van der Waals surface area (Å²) in [4.78, 5) is 114. The van der Waals surface area contributed by atoms with E-state index in [1.165, 1.54) is 12.2 Å². The summed E-state index contributed by atoms with van der Waals surface area (Å²) in [7, 11) is 1.98. The molecule has 7 amide bonds. The SMILES string of the molecule is Cc1c(Nc2nc3ccccc3s2)nnc2c1CCCN2c1ccc(-c2cnn(CC34CC5(CCC[N+](C)(CC(=O)O)Cc6ccc(NC(=O)[C@H](CCCNC(N)=O)NC(=O)[C@@H](NC(=O)CCOCCN7C(=O)C=CC7=O)C(C)C)cc6)C[C@@](C)(C3)C[C@](C)(C5)C4)c2C)c(C(=O)O)n1. The maximum absolute atomic E-state index is 14.0. The fourth-order valence-electron chi connectivity index (χ4n) is 17.4. The van der Waals surface area contributed by atoms with Crippen molar-refractivity contribution in [3.63, 3.8) is 0 Å². The first-order chi connectivity index (χ1) is 46.6. The number of nitrogens with one attached hydrogen (secondary N) is 5. The summed E-state index contributed by atoms with van der Waals surface area (Å²) in [6, 6.07) is 16.0. The Morgan fingerprint density at radius 3 is 2.24 bits per heavy atom. The number of aromatic nitrogens is 6. The van der Waals surface area contributed by atoms with Crippen LogP contribution in [-0.2, 0) is 53.0 Å². The second-order valence-corrected chi connectivity index (χ2v) is 30.4. The van der Waals surface area contributed by atoms with Crippen LogP contribution < -0.4 is 37.2 Å². The number of fused-ring (bicyclic) bond motifs is 2. The molecule has 4 aliphatic carbocycles. The molecule has 6 heterocycles. The van der Waals surface area contributed by atoms with Crippen molar-refractivity contribution in [2.24, 2.45) is 33.3 Å². The Bertz CT molecular complexity index is 4030. The fourth-order valence-corrected chi connectivity index (χ4v) is 18.3. The number of carboxylic acids is 2. The summed E-state index contributed by atoms with van der Waals surface area (Å²) in [5.74, 6) is -3.16. The predicted molar refractivity (Wildman–Crippen MR) is 369 cm³/mol. The highest BCUT2D eigenvalue weighted by Gasteiger charge is 2.65. The maximum Gasteiger partial charge on any atom is 0.359 e. The number of urea groups is 1. The second-order valence-electron chi connectivity index (χ2n) is 29.3. The van der Waals surface area contributed by atoms with Crippen LogP contribution in [0.25, 0.3) is 21.3 Å². The van der Waals surface area contributed by atoms with Crippen molar-refractivity contribution in [2.75, 3.05) is 68.5 Å². The fraction of sp³-hybridized carbons (Fsp3) is 0.507. The minimum Gasteiger partial charge on any atom is -0.477 e. The number of carbonyl (C=O) groups excluding carboxylic acids is 6. The number of carboxylic acid groups (broad SMARTS) is 2. The first-order valence-electron chi connectivity index (χ1n) is 33.8. The number of amides is 7. The third kappa shape index (κ3) is 16.0. The van der Waals surface area contributed by atoms with Crippen LogP contribution in [-0.4, -0.2) is 162 Å². The molecule has 6 aliphatic rings. The van der Waals surface area contributed by atoms with E-state index in [0.717, 1.165) is 112 Å². The molecule has 26 nitrogen and oxygen atoms in total. The van der Waals surface area contributed by atoms with Gasteiger partial charge in [0.25, 0.3) is 11.8 Å². The third-order valence-corrected chi connectivity index (χ3v) is 21.3. The monoisotopic (exact) mass is 1360 g/mol. The minimum absolute atomic E-state index is 0.0252. The number of pyridine rings is 1. The zero-order chi connectivity index (χ0) is 69.9. The lowest BCUT2D eigenvalue weighted by molar-refractivity contribution is -0.916. The maximum atomic E-state index is 14.0. The van der Waals surface area contributed by atoms with Gasteiger partial charge in [-0.2, -0.15) is 5.10 Å². The number of rotatable bonds is 31. The number of primary amides is 1. The van der Waals surface area contributed by atoms with E-state index in [4.69, 9.17) is 30.6 Å². The number of aromatic carboxylic acids is 1. The summed E-state index contributed by atoms with van der Waals surface area (Å²) >= 11 is 1.55. The lowest BCUT2D eigenvalue weighted by atomic mass is 9.35. The molecule has 9 N–H and O–H groups in total. The van der Waals surface area contributed by atoms with Crippen LogP contribution in [0.1, 0.15) is 138 Å². The number of quaternary nitrogens is 1. The smallest absolute Gasteiger partial charge is 0.359 e. The molecule has 0 saturated heterocycles. The quantitative estimate of drug-likeness (QED) is 0.0114. The first-order valence-corrected chi connectivity index (χ1v) is 34.7. The van der Waals surface area contributed by atoms with Gasteiger partial charge in [-0.3, -0.25) is 33.6 Å². The molecule has 27 heteroatoms. The molecule has 520 valence electrons. The van der Waals surface area contributed by atoms with Crippen LogP contribution in [0.4, 0.5) is 33.1 Å². The molecule has 3 unspecified atom stereocenters. The van der Waals surface area contributed by atoms with Crippen molar-refractivity contribution in [1.82, 2.24) is 50.8 Å². The molecule has 98 heavy (non-hydrogen) atoms. The van der Waals surface area contributed by atoms with Gasteiger partial charge in [0.1, 0.15) is 24.4 Å². The van der Waals surface area contributed by atoms with E-state index in [9.17, 15) is 48.6 Å². The highest BCUT2D eigenvalue weighted by atomic mass is 32.1. The van der Waals surface area contributed by atoms with Crippen LogP contribution in [0.15, 0.2) is 79.0 Å². The molecule has 2 aromatic carbocycles. The lowest BCUT2D eigenvalue weighted by Crippen LogP contribution is -2.60. The lowest BCUT2D eigenvalue weighted by Gasteiger charge is -2.70. The van der Waals surface area contributed by atoms with Crippen molar-refractivity contribution in [2.45, 2.75) is 150 Å². The van der Waals surface area contributed by atoms with Gasteiger partial charge in [0.15, 0.2) is 29.0 Å². The van der Waals surface area contributed by atoms with Gasteiger partial charge in [-0.1, -0.05) is 63.3 Å². The van der Waals surface area contributed by atoms with Gasteiger partial charge < -0.3 is 56.7 Å². The molecular weight excluding hydrogens is 1270 g/mol. The van der Waals surface area contributed by atoms with E-state index >= 15 is 0 Å². The third-order valence-electron chi connectivity index (χ3n) is 20.4. The number of nitrogens with two attached hydrogens (primary N) is 1. The van der Waals surface area contributed by atoms with Gasteiger partial charge in [0, 0.05) is 77.4 Å². The number of carbonyl (C=O) groups is 8. The molecule has 2 aliphatic heterocycles. The normalized spacial score (nSPS) is 22.0. The molecule has 4 aromatic heterocycles. The average molecular weight is 1360 g/mol. The second kappa shape index (κ2) is 28.7. The van der Waals surface area contributed by atoms with Crippen molar-refractivity contribution in [1.29, 1.82) is 0 Å². The van der Waals surface area contributed by atoms with Crippen molar-refractivity contribution in [3.8, 4) is 11.1 Å². The molecule has 12 rings (SSSR count). The number of nitrogens with zero attached hydrogens (tertiary/aromatic N) is 9. The largest absolute Gasteiger partial charge is 0.477 e. The number of para-hydroxylation sites is 1. The number of thiazole rings is 1.